The molecule has 8 heteroatoms. The number of hydrogen-bond donors (Lipinski definition) is 0. The largest absolute Gasteiger partial charge is 0.369 e. The summed E-state index contributed by atoms with van der Waals surface area (Å²) in [4.78, 5) is 33.5. The third-order valence-electron chi connectivity index (χ3n) is 5.06. The Balaban J connectivity index is 1.54. The molecule has 0 radical (unpaired) electrons. The molecule has 0 N–H and O–H groups in total. The Morgan fingerprint density at radius 3 is 2.35 bits per heavy atom. The van der Waals surface area contributed by atoms with E-state index in [-0.39, 0.29) is 11.2 Å². The Kier molecular flexibility index (Phi) is 4.12. The van der Waals surface area contributed by atoms with E-state index in [1.807, 2.05) is 10.6 Å². The first-order valence-electron chi connectivity index (χ1n) is 8.69. The van der Waals surface area contributed by atoms with Crippen LogP contribution in [0.4, 0.5) is 5.69 Å². The number of benzene rings is 1. The second kappa shape index (κ2) is 6.45. The number of anilines is 1. The summed E-state index contributed by atoms with van der Waals surface area (Å²) in [7, 11) is 3.14. The highest BCUT2D eigenvalue weighted by molar-refractivity contribution is 5.69. The van der Waals surface area contributed by atoms with Crippen molar-refractivity contribution in [2.24, 2.45) is 14.1 Å². The lowest BCUT2D eigenvalue weighted by molar-refractivity contribution is 0.208. The van der Waals surface area contributed by atoms with E-state index in [4.69, 9.17) is 0 Å². The number of nitrogens with zero attached hydrogens (tertiary/aromatic N) is 6. The molecule has 0 aliphatic carbocycles. The molecular weight excluding hydrogens is 332 g/mol. The summed E-state index contributed by atoms with van der Waals surface area (Å²) in [5, 5.41) is 0. The van der Waals surface area contributed by atoms with E-state index in [2.05, 4.69) is 39.0 Å². The number of aryl methyl sites for hydroxylation is 1. The van der Waals surface area contributed by atoms with E-state index in [9.17, 15) is 9.59 Å². The summed E-state index contributed by atoms with van der Waals surface area (Å²) in [6, 6.07) is 10.4. The second-order valence-corrected chi connectivity index (χ2v) is 6.67. The van der Waals surface area contributed by atoms with Gasteiger partial charge in [0.05, 0.1) is 13.0 Å². The fourth-order valence-electron chi connectivity index (χ4n) is 3.51. The van der Waals surface area contributed by atoms with Gasteiger partial charge in [0.15, 0.2) is 11.2 Å². The fourth-order valence-corrected chi connectivity index (χ4v) is 3.51. The van der Waals surface area contributed by atoms with Gasteiger partial charge in [0.1, 0.15) is 0 Å². The molecule has 4 rings (SSSR count). The Hall–Kier alpha value is -2.87. The number of aromatic nitrogens is 4. The minimum absolute atomic E-state index is 0.302. The van der Waals surface area contributed by atoms with Crippen molar-refractivity contribution in [3.63, 3.8) is 0 Å². The van der Waals surface area contributed by atoms with Crippen LogP contribution in [0.1, 0.15) is 0 Å². The van der Waals surface area contributed by atoms with Crippen LogP contribution in [-0.2, 0) is 20.8 Å². The van der Waals surface area contributed by atoms with Crippen molar-refractivity contribution in [3.8, 4) is 0 Å². The number of piperazine rings is 1. The van der Waals surface area contributed by atoms with Crippen molar-refractivity contribution in [3.05, 3.63) is 57.5 Å². The van der Waals surface area contributed by atoms with E-state index in [1.54, 1.807) is 13.4 Å². The van der Waals surface area contributed by atoms with Crippen LogP contribution >= 0.6 is 0 Å². The van der Waals surface area contributed by atoms with E-state index >= 15 is 0 Å². The standard InChI is InChI=1S/C18H22N6O2/c1-20-16-15(17(25)21(2)18(20)26)24(12-19-16)13-22-8-10-23(11-9-22)14-6-4-3-5-7-14/h3-7,12H,8-11,13H2,1-2H3. The van der Waals surface area contributed by atoms with Crippen LogP contribution < -0.4 is 16.1 Å². The SMILES string of the molecule is Cn1c(=O)c2c(ncn2CN2CCN(c3ccccc3)CC2)n(C)c1=O. The molecule has 0 atom stereocenters. The van der Waals surface area contributed by atoms with Crippen molar-refractivity contribution in [1.29, 1.82) is 0 Å². The summed E-state index contributed by atoms with van der Waals surface area (Å²) in [5.41, 5.74) is 1.48. The first-order chi connectivity index (χ1) is 12.6. The van der Waals surface area contributed by atoms with Crippen molar-refractivity contribution in [1.82, 2.24) is 23.6 Å². The summed E-state index contributed by atoms with van der Waals surface area (Å²) in [6.45, 7) is 4.27. The average molecular weight is 354 g/mol. The van der Waals surface area contributed by atoms with Gasteiger partial charge in [0.2, 0.25) is 0 Å². The van der Waals surface area contributed by atoms with Gasteiger partial charge in [0.25, 0.3) is 5.56 Å². The van der Waals surface area contributed by atoms with Crippen molar-refractivity contribution in [2.45, 2.75) is 6.67 Å². The first-order valence-corrected chi connectivity index (χ1v) is 8.69. The van der Waals surface area contributed by atoms with Gasteiger partial charge in [-0.1, -0.05) is 18.2 Å². The third-order valence-corrected chi connectivity index (χ3v) is 5.06. The molecule has 0 bridgehead atoms. The predicted molar refractivity (Wildman–Crippen MR) is 100 cm³/mol. The molecule has 1 fully saturated rings. The number of rotatable bonds is 3. The Morgan fingerprint density at radius 2 is 1.65 bits per heavy atom. The molecule has 8 nitrogen and oxygen atoms in total. The van der Waals surface area contributed by atoms with E-state index in [0.29, 0.717) is 17.8 Å². The zero-order valence-electron chi connectivity index (χ0n) is 15.0. The van der Waals surface area contributed by atoms with E-state index < -0.39 is 0 Å². The Morgan fingerprint density at radius 1 is 0.962 bits per heavy atom. The maximum absolute atomic E-state index is 12.5. The maximum Gasteiger partial charge on any atom is 0.332 e. The summed E-state index contributed by atoms with van der Waals surface area (Å²) < 4.78 is 4.39. The smallest absolute Gasteiger partial charge is 0.332 e. The van der Waals surface area contributed by atoms with E-state index in [0.717, 1.165) is 30.7 Å². The van der Waals surface area contributed by atoms with Crippen LogP contribution in [0, 0.1) is 0 Å². The Bertz CT molecular complexity index is 1040. The normalized spacial score (nSPS) is 15.7. The number of imidazole rings is 1. The molecular formula is C18H22N6O2. The lowest BCUT2D eigenvalue weighted by Gasteiger charge is -2.36. The zero-order valence-corrected chi connectivity index (χ0v) is 15.0. The molecule has 1 saturated heterocycles. The van der Waals surface area contributed by atoms with Gasteiger partial charge in [-0.05, 0) is 12.1 Å². The molecule has 0 spiro atoms. The fraction of sp³-hybridized carbons (Fsp3) is 0.389. The summed E-state index contributed by atoms with van der Waals surface area (Å²) in [5.74, 6) is 0. The highest BCUT2D eigenvalue weighted by Crippen LogP contribution is 2.16. The van der Waals surface area contributed by atoms with Gasteiger partial charge in [-0.15, -0.1) is 0 Å². The number of hydrogen-bond acceptors (Lipinski definition) is 5. The molecule has 2 aromatic heterocycles. The molecule has 1 aliphatic rings. The second-order valence-electron chi connectivity index (χ2n) is 6.67. The molecule has 26 heavy (non-hydrogen) atoms. The van der Waals surface area contributed by atoms with Gasteiger partial charge < -0.3 is 9.47 Å². The van der Waals surface area contributed by atoms with Gasteiger partial charge in [0, 0.05) is 46.0 Å². The van der Waals surface area contributed by atoms with Crippen LogP contribution in [-0.4, -0.2) is 49.8 Å². The number of para-hydroxylation sites is 1. The van der Waals surface area contributed by atoms with Crippen LogP contribution in [0.15, 0.2) is 46.2 Å². The number of fused-ring (bicyclic) bond motifs is 1. The monoisotopic (exact) mass is 354 g/mol. The lowest BCUT2D eigenvalue weighted by atomic mass is 10.2. The molecule has 0 unspecified atom stereocenters. The topological polar surface area (TPSA) is 68.3 Å². The third kappa shape index (κ3) is 2.72. The van der Waals surface area contributed by atoms with Crippen LogP contribution in [0.5, 0.6) is 0 Å². The van der Waals surface area contributed by atoms with Crippen molar-refractivity contribution >= 4 is 16.9 Å². The summed E-state index contributed by atoms with van der Waals surface area (Å²) in [6.07, 6.45) is 1.65. The molecule has 136 valence electrons. The quantitative estimate of drug-likeness (QED) is 0.673. The highest BCUT2D eigenvalue weighted by Gasteiger charge is 2.20. The average Bonchev–Trinajstić information content (AvgIpc) is 3.10. The first kappa shape index (κ1) is 16.6. The Labute approximate surface area is 150 Å². The predicted octanol–water partition coefficient (Wildman–Crippen LogP) is 0.213. The van der Waals surface area contributed by atoms with Gasteiger partial charge in [-0.25, -0.2) is 9.78 Å². The zero-order chi connectivity index (χ0) is 18.3. The minimum atomic E-state index is -0.357. The van der Waals surface area contributed by atoms with Crippen molar-refractivity contribution < 1.29 is 0 Å². The maximum atomic E-state index is 12.5. The van der Waals surface area contributed by atoms with Gasteiger partial charge >= 0.3 is 5.69 Å². The molecule has 1 aromatic carbocycles. The molecule has 3 heterocycles. The molecule has 1 aliphatic heterocycles. The van der Waals surface area contributed by atoms with Crippen LogP contribution in [0.25, 0.3) is 11.2 Å². The van der Waals surface area contributed by atoms with Crippen LogP contribution in [0.3, 0.4) is 0 Å². The molecule has 3 aromatic rings. The van der Waals surface area contributed by atoms with Crippen LogP contribution in [0.2, 0.25) is 0 Å². The molecule has 0 saturated carbocycles. The summed E-state index contributed by atoms with van der Waals surface area (Å²) >= 11 is 0. The van der Waals surface area contributed by atoms with Crippen molar-refractivity contribution in [2.75, 3.05) is 31.1 Å². The minimum Gasteiger partial charge on any atom is -0.369 e. The van der Waals surface area contributed by atoms with Gasteiger partial charge in [-0.3, -0.25) is 18.8 Å². The van der Waals surface area contributed by atoms with Gasteiger partial charge in [-0.2, -0.15) is 0 Å². The highest BCUT2D eigenvalue weighted by atomic mass is 16.2. The molecule has 0 amide bonds. The lowest BCUT2D eigenvalue weighted by Crippen LogP contribution is -2.47. The van der Waals surface area contributed by atoms with E-state index in [1.165, 1.54) is 17.3 Å².